The fourth-order valence-electron chi connectivity index (χ4n) is 2.01. The van der Waals surface area contributed by atoms with Crippen LogP contribution in [0.4, 0.5) is 5.69 Å². The summed E-state index contributed by atoms with van der Waals surface area (Å²) in [5.41, 5.74) is 7.08. The van der Waals surface area contributed by atoms with E-state index in [2.05, 4.69) is 15.8 Å². The van der Waals surface area contributed by atoms with Crippen LogP contribution >= 0.6 is 12.2 Å². The lowest BCUT2D eigenvalue weighted by Crippen LogP contribution is -2.24. The minimum absolute atomic E-state index is 0.460. The van der Waals surface area contributed by atoms with E-state index in [-0.39, 0.29) is 0 Å². The molecule has 5 heteroatoms. The van der Waals surface area contributed by atoms with Gasteiger partial charge in [0, 0.05) is 5.69 Å². The van der Waals surface area contributed by atoms with Crippen LogP contribution in [0.15, 0.2) is 47.6 Å². The third kappa shape index (κ3) is 4.30. The number of aryl methyl sites for hydroxylation is 2. The number of rotatable bonds is 4. The molecule has 2 aromatic carbocycles. The van der Waals surface area contributed by atoms with Crippen LogP contribution in [-0.2, 0) is 0 Å². The highest BCUT2D eigenvalue weighted by molar-refractivity contribution is 7.80. The van der Waals surface area contributed by atoms with Crippen LogP contribution in [0.3, 0.4) is 0 Å². The molecule has 0 aliphatic heterocycles. The molecule has 0 bridgehead atoms. The summed E-state index contributed by atoms with van der Waals surface area (Å²) < 4.78 is 5.11. The molecule has 0 heterocycles. The number of methoxy groups -OCH3 is 1. The lowest BCUT2D eigenvalue weighted by atomic mass is 10.1. The van der Waals surface area contributed by atoms with Crippen molar-refractivity contribution in [3.8, 4) is 5.75 Å². The Hall–Kier alpha value is -2.40. The van der Waals surface area contributed by atoms with Crippen molar-refractivity contribution in [1.29, 1.82) is 0 Å². The van der Waals surface area contributed by atoms with E-state index in [0.29, 0.717) is 5.11 Å². The molecule has 2 rings (SSSR count). The number of nitrogens with one attached hydrogen (secondary N) is 2. The molecule has 0 saturated carbocycles. The molecule has 2 aromatic rings. The van der Waals surface area contributed by atoms with Gasteiger partial charge in [-0.1, -0.05) is 18.2 Å². The van der Waals surface area contributed by atoms with Gasteiger partial charge in [0.1, 0.15) is 5.75 Å². The number of para-hydroxylation sites is 1. The lowest BCUT2D eigenvalue weighted by Gasteiger charge is -2.12. The maximum Gasteiger partial charge on any atom is 0.191 e. The summed E-state index contributed by atoms with van der Waals surface area (Å²) in [6.07, 6.45) is 1.71. The van der Waals surface area contributed by atoms with E-state index in [1.807, 2.05) is 56.3 Å². The maximum absolute atomic E-state index is 5.25. The van der Waals surface area contributed by atoms with E-state index in [9.17, 15) is 0 Å². The molecule has 2 N–H and O–H groups in total. The van der Waals surface area contributed by atoms with Crippen LogP contribution in [0.2, 0.25) is 0 Å². The molecule has 0 aromatic heterocycles. The summed E-state index contributed by atoms with van der Waals surface area (Å²) in [5.74, 6) is 0.817. The Bertz CT molecular complexity index is 661. The van der Waals surface area contributed by atoms with Gasteiger partial charge >= 0.3 is 0 Å². The largest absolute Gasteiger partial charge is 0.497 e. The Morgan fingerprint density at radius 3 is 2.32 bits per heavy atom. The van der Waals surface area contributed by atoms with Crippen molar-refractivity contribution in [2.75, 3.05) is 12.4 Å². The third-order valence-corrected chi connectivity index (χ3v) is 3.41. The van der Waals surface area contributed by atoms with Gasteiger partial charge in [-0.15, -0.1) is 0 Å². The van der Waals surface area contributed by atoms with Gasteiger partial charge in [0.05, 0.1) is 13.3 Å². The fraction of sp³-hybridized carbons (Fsp3) is 0.176. The molecular formula is C17H19N3OS. The number of anilines is 1. The Morgan fingerprint density at radius 1 is 1.09 bits per heavy atom. The van der Waals surface area contributed by atoms with E-state index in [1.54, 1.807) is 13.3 Å². The molecule has 0 spiro atoms. The molecular weight excluding hydrogens is 294 g/mol. The zero-order valence-corrected chi connectivity index (χ0v) is 13.7. The van der Waals surface area contributed by atoms with Crippen molar-refractivity contribution in [3.05, 3.63) is 59.2 Å². The van der Waals surface area contributed by atoms with Gasteiger partial charge in [0.25, 0.3) is 0 Å². The normalized spacial score (nSPS) is 10.5. The lowest BCUT2D eigenvalue weighted by molar-refractivity contribution is 0.415. The zero-order chi connectivity index (χ0) is 15.9. The predicted molar refractivity (Wildman–Crippen MR) is 95.9 cm³/mol. The number of benzene rings is 2. The number of hydrazone groups is 1. The summed E-state index contributed by atoms with van der Waals surface area (Å²) in [5, 5.41) is 7.76. The van der Waals surface area contributed by atoms with Gasteiger partial charge in [-0.2, -0.15) is 5.10 Å². The summed E-state index contributed by atoms with van der Waals surface area (Å²) in [4.78, 5) is 0. The average molecular weight is 313 g/mol. The van der Waals surface area contributed by atoms with Crippen LogP contribution in [0.5, 0.6) is 5.75 Å². The highest BCUT2D eigenvalue weighted by Gasteiger charge is 2.03. The molecule has 22 heavy (non-hydrogen) atoms. The van der Waals surface area contributed by atoms with Crippen LogP contribution < -0.4 is 15.5 Å². The number of hydrogen-bond acceptors (Lipinski definition) is 3. The first-order valence-corrected chi connectivity index (χ1v) is 7.31. The van der Waals surface area contributed by atoms with Gasteiger partial charge in [0.2, 0.25) is 0 Å². The summed E-state index contributed by atoms with van der Waals surface area (Å²) in [7, 11) is 1.64. The molecule has 0 aliphatic rings. The van der Waals surface area contributed by atoms with E-state index >= 15 is 0 Å². The number of ether oxygens (including phenoxy) is 1. The molecule has 0 saturated heterocycles. The Kier molecular flexibility index (Phi) is 5.49. The monoisotopic (exact) mass is 313 g/mol. The molecule has 4 nitrogen and oxygen atoms in total. The Labute approximate surface area is 136 Å². The molecule has 0 radical (unpaired) electrons. The minimum Gasteiger partial charge on any atom is -0.497 e. The molecule has 0 amide bonds. The van der Waals surface area contributed by atoms with Gasteiger partial charge in [-0.25, -0.2) is 0 Å². The molecule has 0 fully saturated rings. The standard InChI is InChI=1S/C17H19N3OS/c1-12-5-4-6-13(2)16(12)19-17(22)20-18-11-14-7-9-15(21-3)10-8-14/h4-11H,1-3H3,(H2,19,20,22)/b18-11+. The van der Waals surface area contributed by atoms with Crippen molar-refractivity contribution in [3.63, 3.8) is 0 Å². The second kappa shape index (κ2) is 7.56. The van der Waals surface area contributed by atoms with Gasteiger partial charge in [-0.3, -0.25) is 5.43 Å². The summed E-state index contributed by atoms with van der Waals surface area (Å²) in [6, 6.07) is 13.7. The number of thiocarbonyl (C=S) groups is 1. The van der Waals surface area contributed by atoms with Crippen LogP contribution in [-0.4, -0.2) is 18.4 Å². The number of nitrogens with zero attached hydrogens (tertiary/aromatic N) is 1. The molecule has 0 aliphatic carbocycles. The summed E-state index contributed by atoms with van der Waals surface area (Å²) in [6.45, 7) is 4.08. The zero-order valence-electron chi connectivity index (χ0n) is 12.9. The first-order valence-electron chi connectivity index (χ1n) is 6.90. The quantitative estimate of drug-likeness (QED) is 0.514. The van der Waals surface area contributed by atoms with Gasteiger partial charge in [-0.05, 0) is 67.0 Å². The van der Waals surface area contributed by atoms with Crippen LogP contribution in [0, 0.1) is 13.8 Å². The van der Waals surface area contributed by atoms with E-state index in [1.165, 1.54) is 0 Å². The van der Waals surface area contributed by atoms with Crippen LogP contribution in [0.25, 0.3) is 0 Å². The Morgan fingerprint density at radius 2 is 1.73 bits per heavy atom. The van der Waals surface area contributed by atoms with Gasteiger partial charge < -0.3 is 10.1 Å². The molecule has 0 atom stereocenters. The SMILES string of the molecule is COc1ccc(/C=N/NC(=S)Nc2c(C)cccc2C)cc1. The minimum atomic E-state index is 0.460. The molecule has 114 valence electrons. The first-order chi connectivity index (χ1) is 10.6. The molecule has 0 unspecified atom stereocenters. The highest BCUT2D eigenvalue weighted by Crippen LogP contribution is 2.19. The van der Waals surface area contributed by atoms with E-state index in [0.717, 1.165) is 28.1 Å². The van der Waals surface area contributed by atoms with Crippen molar-refractivity contribution < 1.29 is 4.74 Å². The average Bonchev–Trinajstić information content (AvgIpc) is 2.52. The van der Waals surface area contributed by atoms with Crippen molar-refractivity contribution >= 4 is 29.2 Å². The first kappa shape index (κ1) is 16.0. The predicted octanol–water partition coefficient (Wildman–Crippen LogP) is 3.63. The fourth-order valence-corrected chi connectivity index (χ4v) is 2.16. The van der Waals surface area contributed by atoms with Crippen molar-refractivity contribution in [1.82, 2.24) is 5.43 Å². The van der Waals surface area contributed by atoms with E-state index < -0.39 is 0 Å². The summed E-state index contributed by atoms with van der Waals surface area (Å²) >= 11 is 5.25. The maximum atomic E-state index is 5.25. The second-order valence-electron chi connectivity index (χ2n) is 4.86. The topological polar surface area (TPSA) is 45.6 Å². The van der Waals surface area contributed by atoms with Gasteiger partial charge in [0.15, 0.2) is 5.11 Å². The van der Waals surface area contributed by atoms with Crippen molar-refractivity contribution in [2.45, 2.75) is 13.8 Å². The van der Waals surface area contributed by atoms with Crippen molar-refractivity contribution in [2.24, 2.45) is 5.10 Å². The number of hydrogen-bond donors (Lipinski definition) is 2. The third-order valence-electron chi connectivity index (χ3n) is 3.22. The van der Waals surface area contributed by atoms with E-state index in [4.69, 9.17) is 17.0 Å². The second-order valence-corrected chi connectivity index (χ2v) is 5.27. The Balaban J connectivity index is 1.93. The highest BCUT2D eigenvalue weighted by atomic mass is 32.1. The van der Waals surface area contributed by atoms with Crippen LogP contribution in [0.1, 0.15) is 16.7 Å². The smallest absolute Gasteiger partial charge is 0.191 e.